The van der Waals surface area contributed by atoms with E-state index < -0.39 is 0 Å². The van der Waals surface area contributed by atoms with Crippen molar-refractivity contribution in [2.24, 2.45) is 0 Å². The summed E-state index contributed by atoms with van der Waals surface area (Å²) in [6.45, 7) is 8.59. The van der Waals surface area contributed by atoms with Gasteiger partial charge in [-0.3, -0.25) is 14.5 Å². The van der Waals surface area contributed by atoms with Crippen LogP contribution < -0.4 is 10.1 Å². The number of hydrogen-bond acceptors (Lipinski definition) is 5. The van der Waals surface area contributed by atoms with E-state index in [0.717, 1.165) is 58.0 Å². The number of hydrogen-bond donors (Lipinski definition) is 1. The molecule has 2 saturated heterocycles. The van der Waals surface area contributed by atoms with Crippen LogP contribution in [-0.2, 0) is 16.1 Å². The van der Waals surface area contributed by atoms with Gasteiger partial charge < -0.3 is 19.9 Å². The maximum atomic E-state index is 11.8. The van der Waals surface area contributed by atoms with Crippen LogP contribution >= 0.6 is 0 Å². The summed E-state index contributed by atoms with van der Waals surface area (Å²) >= 11 is 0. The largest absolute Gasteiger partial charge is 0.492 e. The highest BCUT2D eigenvalue weighted by atomic mass is 16.5. The lowest BCUT2D eigenvalue weighted by atomic mass is 10.1. The maximum Gasteiger partial charge on any atom is 0.222 e. The van der Waals surface area contributed by atoms with Gasteiger partial charge in [0, 0.05) is 64.7 Å². The number of nitrogens with one attached hydrogen (secondary N) is 1. The van der Waals surface area contributed by atoms with E-state index in [-0.39, 0.29) is 17.9 Å². The van der Waals surface area contributed by atoms with Gasteiger partial charge >= 0.3 is 0 Å². The molecule has 2 fully saturated rings. The number of likely N-dealkylation sites (N-methyl/N-ethyl adjacent to an activating group) is 1. The fourth-order valence-corrected chi connectivity index (χ4v) is 4.04. The summed E-state index contributed by atoms with van der Waals surface area (Å²) in [5.74, 6) is 1.31. The number of rotatable bonds is 9. The van der Waals surface area contributed by atoms with Crippen molar-refractivity contribution in [2.75, 3.05) is 52.9 Å². The Morgan fingerprint density at radius 2 is 2.07 bits per heavy atom. The van der Waals surface area contributed by atoms with Crippen molar-refractivity contribution in [3.05, 3.63) is 29.8 Å². The van der Waals surface area contributed by atoms with Crippen LogP contribution in [-0.4, -0.2) is 85.5 Å². The molecule has 0 aliphatic carbocycles. The summed E-state index contributed by atoms with van der Waals surface area (Å²) in [6, 6.07) is 8.51. The van der Waals surface area contributed by atoms with Gasteiger partial charge in [0.2, 0.25) is 11.8 Å². The second kappa shape index (κ2) is 10.6. The van der Waals surface area contributed by atoms with Crippen molar-refractivity contribution in [1.29, 1.82) is 0 Å². The van der Waals surface area contributed by atoms with E-state index in [0.29, 0.717) is 19.4 Å². The molecule has 0 spiro atoms. The van der Waals surface area contributed by atoms with Crippen molar-refractivity contribution >= 4 is 11.8 Å². The van der Waals surface area contributed by atoms with Gasteiger partial charge in [-0.05, 0) is 31.2 Å². The zero-order chi connectivity index (χ0) is 20.6. The topological polar surface area (TPSA) is 65.1 Å². The normalized spacial score (nSPS) is 20.2. The van der Waals surface area contributed by atoms with Gasteiger partial charge in [-0.15, -0.1) is 0 Å². The summed E-state index contributed by atoms with van der Waals surface area (Å²) < 4.78 is 5.98. The standard InChI is InChI=1S/C22H34N4O3/c1-3-22(28)26-11-9-25(10-12-26)13-14-29-20-6-4-5-18(15-20)16-24(2)17-19-7-8-21(27)23-19/h4-6,15,19H,3,7-14,16-17H2,1-2H3,(H,23,27). The van der Waals surface area contributed by atoms with Gasteiger partial charge in [-0.2, -0.15) is 0 Å². The molecule has 2 aliphatic heterocycles. The summed E-state index contributed by atoms with van der Waals surface area (Å²) in [4.78, 5) is 29.6. The van der Waals surface area contributed by atoms with Crippen LogP contribution in [0.15, 0.2) is 24.3 Å². The van der Waals surface area contributed by atoms with Crippen LogP contribution in [0.25, 0.3) is 0 Å². The Balaban J connectivity index is 1.37. The third-order valence-corrected chi connectivity index (χ3v) is 5.67. The Bertz CT molecular complexity index is 688. The summed E-state index contributed by atoms with van der Waals surface area (Å²) in [5.41, 5.74) is 1.21. The first-order valence-electron chi connectivity index (χ1n) is 10.7. The molecule has 2 aliphatic rings. The van der Waals surface area contributed by atoms with Gasteiger partial charge in [0.05, 0.1) is 0 Å². The summed E-state index contributed by atoms with van der Waals surface area (Å²) in [5, 5.41) is 3.02. The first-order chi connectivity index (χ1) is 14.0. The van der Waals surface area contributed by atoms with Crippen molar-refractivity contribution < 1.29 is 14.3 Å². The lowest BCUT2D eigenvalue weighted by Crippen LogP contribution is -2.49. The minimum absolute atomic E-state index is 0.164. The van der Waals surface area contributed by atoms with Crippen molar-refractivity contribution in [3.8, 4) is 5.75 Å². The lowest BCUT2D eigenvalue weighted by Gasteiger charge is -2.34. The first-order valence-corrected chi connectivity index (χ1v) is 10.7. The molecular formula is C22H34N4O3. The lowest BCUT2D eigenvalue weighted by molar-refractivity contribution is -0.132. The first kappa shape index (κ1) is 21.6. The molecule has 160 valence electrons. The highest BCUT2D eigenvalue weighted by Crippen LogP contribution is 2.16. The second-order valence-electron chi connectivity index (χ2n) is 8.07. The monoisotopic (exact) mass is 402 g/mol. The Labute approximate surface area is 174 Å². The van der Waals surface area contributed by atoms with E-state index in [1.54, 1.807) is 0 Å². The molecule has 7 heteroatoms. The molecule has 29 heavy (non-hydrogen) atoms. The molecular weight excluding hydrogens is 368 g/mol. The number of carbonyl (C=O) groups is 2. The number of ether oxygens (including phenoxy) is 1. The Morgan fingerprint density at radius 1 is 1.28 bits per heavy atom. The molecule has 1 aromatic rings. The number of benzene rings is 1. The molecule has 2 amide bonds. The van der Waals surface area contributed by atoms with E-state index in [1.807, 2.05) is 24.0 Å². The predicted octanol–water partition coefficient (Wildman–Crippen LogP) is 1.33. The van der Waals surface area contributed by atoms with Crippen LogP contribution in [0.2, 0.25) is 0 Å². The second-order valence-corrected chi connectivity index (χ2v) is 8.07. The minimum Gasteiger partial charge on any atom is -0.492 e. The van der Waals surface area contributed by atoms with Crippen LogP contribution in [0.4, 0.5) is 0 Å². The number of piperazine rings is 1. The SMILES string of the molecule is CCC(=O)N1CCN(CCOc2cccc(CN(C)CC3CCC(=O)N3)c2)CC1. The highest BCUT2D eigenvalue weighted by Gasteiger charge is 2.22. The summed E-state index contributed by atoms with van der Waals surface area (Å²) in [7, 11) is 2.08. The Hall–Kier alpha value is -2.12. The van der Waals surface area contributed by atoms with E-state index in [4.69, 9.17) is 4.74 Å². The fourth-order valence-electron chi connectivity index (χ4n) is 4.04. The third kappa shape index (κ3) is 6.72. The molecule has 7 nitrogen and oxygen atoms in total. The molecule has 2 heterocycles. The maximum absolute atomic E-state index is 11.8. The van der Waals surface area contributed by atoms with Crippen LogP contribution in [0, 0.1) is 0 Å². The average molecular weight is 403 g/mol. The Kier molecular flexibility index (Phi) is 7.89. The number of carbonyl (C=O) groups excluding carboxylic acids is 2. The van der Waals surface area contributed by atoms with Gasteiger partial charge in [0.1, 0.15) is 12.4 Å². The van der Waals surface area contributed by atoms with E-state index in [2.05, 4.69) is 34.3 Å². The minimum atomic E-state index is 0.164. The van der Waals surface area contributed by atoms with Gasteiger partial charge in [0.15, 0.2) is 0 Å². The fraction of sp³-hybridized carbons (Fsp3) is 0.636. The quantitative estimate of drug-likeness (QED) is 0.675. The van der Waals surface area contributed by atoms with Crippen molar-refractivity contribution in [3.63, 3.8) is 0 Å². The zero-order valence-corrected chi connectivity index (χ0v) is 17.7. The van der Waals surface area contributed by atoms with Crippen molar-refractivity contribution in [1.82, 2.24) is 20.0 Å². The van der Waals surface area contributed by atoms with Crippen LogP contribution in [0.5, 0.6) is 5.75 Å². The Morgan fingerprint density at radius 3 is 2.76 bits per heavy atom. The molecule has 0 radical (unpaired) electrons. The average Bonchev–Trinajstić information content (AvgIpc) is 3.12. The molecule has 0 bridgehead atoms. The van der Waals surface area contributed by atoms with Gasteiger partial charge in [0.25, 0.3) is 0 Å². The van der Waals surface area contributed by atoms with Crippen molar-refractivity contribution in [2.45, 2.75) is 38.8 Å². The van der Waals surface area contributed by atoms with E-state index >= 15 is 0 Å². The van der Waals surface area contributed by atoms with Gasteiger partial charge in [-0.1, -0.05) is 19.1 Å². The molecule has 0 aromatic heterocycles. The van der Waals surface area contributed by atoms with E-state index in [1.165, 1.54) is 5.56 Å². The predicted molar refractivity (Wildman–Crippen MR) is 113 cm³/mol. The molecule has 3 rings (SSSR count). The molecule has 1 unspecified atom stereocenters. The zero-order valence-electron chi connectivity index (χ0n) is 17.7. The van der Waals surface area contributed by atoms with Crippen LogP contribution in [0.3, 0.4) is 0 Å². The molecule has 1 N–H and O–H groups in total. The number of amides is 2. The third-order valence-electron chi connectivity index (χ3n) is 5.67. The highest BCUT2D eigenvalue weighted by molar-refractivity contribution is 5.78. The summed E-state index contributed by atoms with van der Waals surface area (Å²) in [6.07, 6.45) is 2.16. The molecule has 0 saturated carbocycles. The van der Waals surface area contributed by atoms with Gasteiger partial charge in [-0.25, -0.2) is 0 Å². The smallest absolute Gasteiger partial charge is 0.222 e. The van der Waals surface area contributed by atoms with E-state index in [9.17, 15) is 9.59 Å². The molecule has 1 aromatic carbocycles. The number of nitrogens with zero attached hydrogens (tertiary/aromatic N) is 3. The molecule has 1 atom stereocenters. The van der Waals surface area contributed by atoms with Crippen LogP contribution in [0.1, 0.15) is 31.7 Å².